The molecule has 3 rings (SSSR count). The fourth-order valence-electron chi connectivity index (χ4n) is 2.88. The molecule has 1 heterocycles. The van der Waals surface area contributed by atoms with Crippen LogP contribution in [0.25, 0.3) is 0 Å². The van der Waals surface area contributed by atoms with Crippen molar-refractivity contribution in [3.05, 3.63) is 29.9 Å². The summed E-state index contributed by atoms with van der Waals surface area (Å²) in [4.78, 5) is 2.32. The number of hydrogen-bond donors (Lipinski definition) is 1. The summed E-state index contributed by atoms with van der Waals surface area (Å²) < 4.78 is 0. The third-order valence-electron chi connectivity index (χ3n) is 3.82. The molecule has 2 nitrogen and oxygen atoms in total. The summed E-state index contributed by atoms with van der Waals surface area (Å²) in [6, 6.07) is 6.04. The van der Waals surface area contributed by atoms with Crippen molar-refractivity contribution < 1.29 is 0 Å². The van der Waals surface area contributed by atoms with Gasteiger partial charge in [-0.25, -0.2) is 0 Å². The van der Waals surface area contributed by atoms with Gasteiger partial charge in [-0.15, -0.1) is 0 Å². The predicted octanol–water partition coefficient (Wildman–Crippen LogP) is 4.27. The van der Waals surface area contributed by atoms with Gasteiger partial charge in [-0.05, 0) is 37.0 Å². The molecule has 0 amide bonds. The molecular weight excluding hydrogens is 232 g/mol. The zero-order valence-corrected chi connectivity index (χ0v) is 10.7. The maximum Gasteiger partial charge on any atom is 0.139 e. The zero-order chi connectivity index (χ0) is 11.7. The molecule has 0 bridgehead atoms. The molecule has 3 heteroatoms. The van der Waals surface area contributed by atoms with E-state index in [1.54, 1.807) is 0 Å². The molecule has 1 aliphatic carbocycles. The quantitative estimate of drug-likeness (QED) is 0.842. The van der Waals surface area contributed by atoms with Crippen LogP contribution in [0.1, 0.15) is 32.1 Å². The number of rotatable bonds is 2. The van der Waals surface area contributed by atoms with Crippen LogP contribution in [0.4, 0.5) is 11.4 Å². The van der Waals surface area contributed by atoms with Crippen molar-refractivity contribution in [3.8, 4) is 0 Å². The van der Waals surface area contributed by atoms with Crippen LogP contribution >= 0.6 is 11.6 Å². The van der Waals surface area contributed by atoms with Crippen LogP contribution in [-0.4, -0.2) is 6.54 Å². The van der Waals surface area contributed by atoms with E-state index >= 15 is 0 Å². The highest BCUT2D eigenvalue weighted by molar-refractivity contribution is 6.31. The normalized spacial score (nSPS) is 20.2. The van der Waals surface area contributed by atoms with Crippen LogP contribution in [0.2, 0.25) is 5.02 Å². The van der Waals surface area contributed by atoms with Crippen molar-refractivity contribution in [1.29, 1.82) is 0 Å². The molecular formula is C14H18ClN2. The summed E-state index contributed by atoms with van der Waals surface area (Å²) in [5.41, 5.74) is 2.40. The Hall–Kier alpha value is -0.890. The Labute approximate surface area is 108 Å². The van der Waals surface area contributed by atoms with Gasteiger partial charge in [-0.1, -0.05) is 30.9 Å². The topological polar surface area (TPSA) is 15.3 Å². The van der Waals surface area contributed by atoms with E-state index in [2.05, 4.69) is 29.0 Å². The Morgan fingerprint density at radius 2 is 2.06 bits per heavy atom. The van der Waals surface area contributed by atoms with Gasteiger partial charge >= 0.3 is 0 Å². The van der Waals surface area contributed by atoms with Crippen LogP contribution in [0.3, 0.4) is 0 Å². The van der Waals surface area contributed by atoms with E-state index in [4.69, 9.17) is 11.6 Å². The predicted molar refractivity (Wildman–Crippen MR) is 73.3 cm³/mol. The lowest BCUT2D eigenvalue weighted by atomic mass is 9.89. The first-order valence-corrected chi connectivity index (χ1v) is 6.87. The van der Waals surface area contributed by atoms with E-state index in [1.807, 2.05) is 6.07 Å². The molecule has 0 aromatic heterocycles. The van der Waals surface area contributed by atoms with Gasteiger partial charge in [0.15, 0.2) is 0 Å². The number of nitrogens with zero attached hydrogens (tertiary/aromatic N) is 1. The van der Waals surface area contributed by atoms with Crippen LogP contribution < -0.4 is 10.2 Å². The van der Waals surface area contributed by atoms with Crippen molar-refractivity contribution >= 4 is 23.0 Å². The third kappa shape index (κ3) is 2.37. The molecule has 0 spiro atoms. The Kier molecular flexibility index (Phi) is 3.15. The number of anilines is 2. The molecule has 1 aromatic rings. The molecule has 0 atom stereocenters. The first-order valence-electron chi connectivity index (χ1n) is 6.49. The van der Waals surface area contributed by atoms with Crippen LogP contribution in [-0.2, 0) is 0 Å². The highest BCUT2D eigenvalue weighted by Crippen LogP contribution is 2.37. The van der Waals surface area contributed by atoms with Gasteiger partial charge in [0.2, 0.25) is 0 Å². The number of nitrogens with one attached hydrogen (secondary N) is 1. The van der Waals surface area contributed by atoms with E-state index in [1.165, 1.54) is 43.5 Å². The molecule has 91 valence electrons. The average molecular weight is 250 g/mol. The zero-order valence-electron chi connectivity index (χ0n) is 9.95. The van der Waals surface area contributed by atoms with Gasteiger partial charge in [0.25, 0.3) is 0 Å². The second-order valence-electron chi connectivity index (χ2n) is 5.09. The molecule has 2 aliphatic rings. The number of hydrogen-bond acceptors (Lipinski definition) is 2. The molecule has 1 aromatic carbocycles. The fraction of sp³-hybridized carbons (Fsp3) is 0.500. The second-order valence-corrected chi connectivity index (χ2v) is 5.53. The van der Waals surface area contributed by atoms with Crippen LogP contribution in [0, 0.1) is 12.6 Å². The summed E-state index contributed by atoms with van der Waals surface area (Å²) in [6.45, 7) is 3.20. The SMILES string of the molecule is Clc1ccc2c(c1)N(CC1CCCCC1)[CH]N2. The van der Waals surface area contributed by atoms with Crippen molar-refractivity contribution in [2.24, 2.45) is 5.92 Å². The van der Waals surface area contributed by atoms with E-state index in [9.17, 15) is 0 Å². The number of halogens is 1. The van der Waals surface area contributed by atoms with E-state index in [-0.39, 0.29) is 0 Å². The maximum absolute atomic E-state index is 6.06. The minimum Gasteiger partial charge on any atom is -0.360 e. The molecule has 0 saturated heterocycles. The van der Waals surface area contributed by atoms with Crippen molar-refractivity contribution in [2.45, 2.75) is 32.1 Å². The molecule has 0 unspecified atom stereocenters. The van der Waals surface area contributed by atoms with Gasteiger partial charge in [-0.2, -0.15) is 0 Å². The molecule has 1 radical (unpaired) electrons. The first kappa shape index (κ1) is 11.2. The first-order chi connectivity index (χ1) is 8.33. The largest absolute Gasteiger partial charge is 0.360 e. The van der Waals surface area contributed by atoms with Crippen LogP contribution in [0.5, 0.6) is 0 Å². The van der Waals surface area contributed by atoms with Gasteiger partial charge in [0.1, 0.15) is 6.67 Å². The maximum atomic E-state index is 6.06. The summed E-state index contributed by atoms with van der Waals surface area (Å²) in [6.07, 6.45) is 6.96. The van der Waals surface area contributed by atoms with Crippen molar-refractivity contribution in [2.75, 3.05) is 16.8 Å². The van der Waals surface area contributed by atoms with Gasteiger partial charge in [0.05, 0.1) is 11.4 Å². The lowest BCUT2D eigenvalue weighted by Gasteiger charge is -2.27. The standard InChI is InChI=1S/C14H18ClN2/c15-12-6-7-13-14(8-12)17(10-16-13)9-11-4-2-1-3-5-11/h6-8,10-11,16H,1-5,9H2. The minimum absolute atomic E-state index is 0.814. The van der Waals surface area contributed by atoms with Crippen molar-refractivity contribution in [3.63, 3.8) is 0 Å². The Morgan fingerprint density at radius 3 is 2.88 bits per heavy atom. The van der Waals surface area contributed by atoms with Gasteiger partial charge in [0, 0.05) is 11.6 Å². The van der Waals surface area contributed by atoms with E-state index in [0.717, 1.165) is 17.5 Å². The molecule has 1 N–H and O–H groups in total. The molecule has 1 fully saturated rings. The highest BCUT2D eigenvalue weighted by atomic mass is 35.5. The smallest absolute Gasteiger partial charge is 0.139 e. The van der Waals surface area contributed by atoms with Gasteiger partial charge in [-0.3, -0.25) is 0 Å². The van der Waals surface area contributed by atoms with Crippen molar-refractivity contribution in [1.82, 2.24) is 0 Å². The Morgan fingerprint density at radius 1 is 1.24 bits per heavy atom. The summed E-state index contributed by atoms with van der Waals surface area (Å²) >= 11 is 6.06. The molecule has 1 saturated carbocycles. The lowest BCUT2D eigenvalue weighted by molar-refractivity contribution is 0.363. The lowest BCUT2D eigenvalue weighted by Crippen LogP contribution is -2.27. The number of benzene rings is 1. The monoisotopic (exact) mass is 249 g/mol. The molecule has 17 heavy (non-hydrogen) atoms. The van der Waals surface area contributed by atoms with Gasteiger partial charge < -0.3 is 10.2 Å². The summed E-state index contributed by atoms with van der Waals surface area (Å²) in [5.74, 6) is 0.840. The minimum atomic E-state index is 0.814. The Balaban J connectivity index is 1.72. The third-order valence-corrected chi connectivity index (χ3v) is 4.06. The van der Waals surface area contributed by atoms with E-state index in [0.29, 0.717) is 0 Å². The van der Waals surface area contributed by atoms with E-state index < -0.39 is 0 Å². The summed E-state index contributed by atoms with van der Waals surface area (Å²) in [5, 5.41) is 4.12. The fourth-order valence-corrected chi connectivity index (χ4v) is 3.05. The molecule has 1 aliphatic heterocycles. The second kappa shape index (κ2) is 4.77. The highest BCUT2D eigenvalue weighted by Gasteiger charge is 2.23. The Bertz CT molecular complexity index is 399. The number of fused-ring (bicyclic) bond motifs is 1. The average Bonchev–Trinajstić information content (AvgIpc) is 2.73. The van der Waals surface area contributed by atoms with Crippen LogP contribution in [0.15, 0.2) is 18.2 Å². The summed E-state index contributed by atoms with van der Waals surface area (Å²) in [7, 11) is 0.